The van der Waals surface area contributed by atoms with Gasteiger partial charge < -0.3 is 4.74 Å². The van der Waals surface area contributed by atoms with Crippen LogP contribution < -0.4 is 0 Å². The van der Waals surface area contributed by atoms with Gasteiger partial charge in [-0.2, -0.15) is 0 Å². The molecule has 1 saturated carbocycles. The summed E-state index contributed by atoms with van der Waals surface area (Å²) in [6.07, 6.45) is 6.63. The third-order valence-electron chi connectivity index (χ3n) is 2.97. The summed E-state index contributed by atoms with van der Waals surface area (Å²) in [6, 6.07) is 0. The Labute approximate surface area is 80.7 Å². The van der Waals surface area contributed by atoms with Crippen molar-refractivity contribution in [2.45, 2.75) is 58.0 Å². The van der Waals surface area contributed by atoms with Gasteiger partial charge in [0.2, 0.25) is 0 Å². The van der Waals surface area contributed by atoms with Crippen LogP contribution in [0.3, 0.4) is 0 Å². The molecule has 1 aliphatic rings. The third kappa shape index (κ3) is 2.53. The minimum atomic E-state index is -0.425. The van der Waals surface area contributed by atoms with Crippen LogP contribution in [0.1, 0.15) is 52.4 Å². The average Bonchev–Trinajstić information content (AvgIpc) is 2.31. The van der Waals surface area contributed by atoms with E-state index >= 15 is 0 Å². The number of hydrogen-bond donors (Lipinski definition) is 0. The van der Waals surface area contributed by atoms with Crippen molar-refractivity contribution < 1.29 is 9.53 Å². The van der Waals surface area contributed by atoms with Gasteiger partial charge in [0.25, 0.3) is 0 Å². The molecule has 1 aliphatic carbocycles. The first-order chi connectivity index (χ1) is 6.21. The molecular weight excluding hydrogens is 164 g/mol. The molecule has 0 bridgehead atoms. The van der Waals surface area contributed by atoms with Gasteiger partial charge in [0.05, 0.1) is 0 Å². The summed E-state index contributed by atoms with van der Waals surface area (Å²) in [7, 11) is 0. The molecule has 76 valence electrons. The topological polar surface area (TPSA) is 26.3 Å². The molecule has 2 nitrogen and oxygen atoms in total. The van der Waals surface area contributed by atoms with E-state index in [0.29, 0.717) is 6.61 Å². The molecule has 0 aromatic heterocycles. The Morgan fingerprint density at radius 1 is 1.23 bits per heavy atom. The Balaban J connectivity index is 2.67. The first-order valence-corrected chi connectivity index (χ1v) is 5.36. The number of carbonyl (C=O) groups is 1. The van der Waals surface area contributed by atoms with Crippen molar-refractivity contribution in [1.82, 2.24) is 0 Å². The lowest BCUT2D eigenvalue weighted by Crippen LogP contribution is -2.39. The maximum atomic E-state index is 11.5. The first-order valence-electron chi connectivity index (χ1n) is 5.36. The smallest absolute Gasteiger partial charge is 0.161 e. The summed E-state index contributed by atoms with van der Waals surface area (Å²) in [5, 5.41) is 0. The van der Waals surface area contributed by atoms with Crippen LogP contribution in [0.5, 0.6) is 0 Å². The molecule has 0 aromatic rings. The fourth-order valence-electron chi connectivity index (χ4n) is 2.17. The highest BCUT2D eigenvalue weighted by atomic mass is 16.5. The van der Waals surface area contributed by atoms with Gasteiger partial charge >= 0.3 is 0 Å². The molecule has 0 unspecified atom stereocenters. The fraction of sp³-hybridized carbons (Fsp3) is 0.909. The van der Waals surface area contributed by atoms with Crippen LogP contribution in [0.2, 0.25) is 0 Å². The largest absolute Gasteiger partial charge is 0.368 e. The summed E-state index contributed by atoms with van der Waals surface area (Å²) in [6.45, 7) is 4.29. The monoisotopic (exact) mass is 184 g/mol. The van der Waals surface area contributed by atoms with Gasteiger partial charge in [-0.25, -0.2) is 0 Å². The molecule has 0 radical (unpaired) electrons. The van der Waals surface area contributed by atoms with E-state index in [1.807, 2.05) is 6.92 Å². The van der Waals surface area contributed by atoms with E-state index in [1.54, 1.807) is 6.92 Å². The van der Waals surface area contributed by atoms with Crippen LogP contribution in [-0.4, -0.2) is 18.0 Å². The van der Waals surface area contributed by atoms with Crippen molar-refractivity contribution in [3.8, 4) is 0 Å². The van der Waals surface area contributed by atoms with Gasteiger partial charge in [-0.3, -0.25) is 4.79 Å². The highest BCUT2D eigenvalue weighted by molar-refractivity contribution is 5.84. The van der Waals surface area contributed by atoms with E-state index < -0.39 is 5.60 Å². The van der Waals surface area contributed by atoms with Crippen molar-refractivity contribution in [3.05, 3.63) is 0 Å². The molecule has 0 spiro atoms. The summed E-state index contributed by atoms with van der Waals surface area (Å²) in [4.78, 5) is 11.5. The molecule has 0 amide bonds. The second-order valence-corrected chi connectivity index (χ2v) is 3.90. The number of ketones is 1. The SMILES string of the molecule is CCOC1(C(C)=O)CCCCCC1. The Kier molecular flexibility index (Phi) is 3.91. The molecule has 0 atom stereocenters. The van der Waals surface area contributed by atoms with E-state index in [0.717, 1.165) is 25.7 Å². The zero-order chi connectivity index (χ0) is 9.73. The Hall–Kier alpha value is -0.370. The van der Waals surface area contributed by atoms with Gasteiger partial charge in [-0.15, -0.1) is 0 Å². The molecule has 0 saturated heterocycles. The van der Waals surface area contributed by atoms with Crippen molar-refractivity contribution in [1.29, 1.82) is 0 Å². The highest BCUT2D eigenvalue weighted by Crippen LogP contribution is 2.31. The van der Waals surface area contributed by atoms with E-state index in [-0.39, 0.29) is 5.78 Å². The zero-order valence-electron chi connectivity index (χ0n) is 8.77. The van der Waals surface area contributed by atoms with Crippen molar-refractivity contribution in [3.63, 3.8) is 0 Å². The molecule has 1 rings (SSSR count). The van der Waals surface area contributed by atoms with Crippen LogP contribution in [0.25, 0.3) is 0 Å². The van der Waals surface area contributed by atoms with Crippen LogP contribution in [-0.2, 0) is 9.53 Å². The Morgan fingerprint density at radius 3 is 2.15 bits per heavy atom. The van der Waals surface area contributed by atoms with E-state index in [1.165, 1.54) is 12.8 Å². The quantitative estimate of drug-likeness (QED) is 0.630. The Morgan fingerprint density at radius 2 is 1.77 bits per heavy atom. The van der Waals surface area contributed by atoms with Crippen LogP contribution in [0, 0.1) is 0 Å². The maximum absolute atomic E-state index is 11.5. The second kappa shape index (κ2) is 4.75. The highest BCUT2D eigenvalue weighted by Gasteiger charge is 2.35. The standard InChI is InChI=1S/C11H20O2/c1-3-13-11(10(2)12)8-6-4-5-7-9-11/h3-9H2,1-2H3. The van der Waals surface area contributed by atoms with E-state index in [2.05, 4.69) is 0 Å². The lowest BCUT2D eigenvalue weighted by Gasteiger charge is -2.29. The molecule has 0 heterocycles. The average molecular weight is 184 g/mol. The number of Topliss-reactive ketones (excluding diaryl/α,β-unsaturated/α-hetero) is 1. The van der Waals surface area contributed by atoms with Crippen molar-refractivity contribution >= 4 is 5.78 Å². The summed E-state index contributed by atoms with van der Waals surface area (Å²) in [5.74, 6) is 0.219. The van der Waals surface area contributed by atoms with Gasteiger partial charge in [-0.05, 0) is 26.7 Å². The van der Waals surface area contributed by atoms with Crippen molar-refractivity contribution in [2.24, 2.45) is 0 Å². The van der Waals surface area contributed by atoms with Gasteiger partial charge in [0, 0.05) is 6.61 Å². The summed E-state index contributed by atoms with van der Waals surface area (Å²) >= 11 is 0. The van der Waals surface area contributed by atoms with E-state index in [9.17, 15) is 4.79 Å². The summed E-state index contributed by atoms with van der Waals surface area (Å²) < 4.78 is 5.66. The minimum absolute atomic E-state index is 0.219. The lowest BCUT2D eigenvalue weighted by molar-refractivity contribution is -0.144. The number of ether oxygens (including phenoxy) is 1. The predicted octanol–water partition coefficient (Wildman–Crippen LogP) is 2.70. The number of rotatable bonds is 3. The molecule has 13 heavy (non-hydrogen) atoms. The molecular formula is C11H20O2. The molecule has 0 aromatic carbocycles. The van der Waals surface area contributed by atoms with Crippen LogP contribution >= 0.6 is 0 Å². The number of carbonyl (C=O) groups excluding carboxylic acids is 1. The first kappa shape index (κ1) is 10.7. The lowest BCUT2D eigenvalue weighted by atomic mass is 9.90. The van der Waals surface area contributed by atoms with Crippen molar-refractivity contribution in [2.75, 3.05) is 6.61 Å². The second-order valence-electron chi connectivity index (χ2n) is 3.90. The fourth-order valence-corrected chi connectivity index (χ4v) is 2.17. The van der Waals surface area contributed by atoms with E-state index in [4.69, 9.17) is 4.74 Å². The summed E-state index contributed by atoms with van der Waals surface area (Å²) in [5.41, 5.74) is -0.425. The molecule has 2 heteroatoms. The maximum Gasteiger partial charge on any atom is 0.161 e. The van der Waals surface area contributed by atoms with Gasteiger partial charge in [-0.1, -0.05) is 25.7 Å². The van der Waals surface area contributed by atoms with Crippen LogP contribution in [0.4, 0.5) is 0 Å². The third-order valence-corrected chi connectivity index (χ3v) is 2.97. The predicted molar refractivity (Wildman–Crippen MR) is 52.7 cm³/mol. The molecule has 0 aliphatic heterocycles. The van der Waals surface area contributed by atoms with Gasteiger partial charge in [0.1, 0.15) is 5.60 Å². The molecule has 1 fully saturated rings. The van der Waals surface area contributed by atoms with Gasteiger partial charge in [0.15, 0.2) is 5.78 Å². The minimum Gasteiger partial charge on any atom is -0.368 e. The van der Waals surface area contributed by atoms with Crippen LogP contribution in [0.15, 0.2) is 0 Å². The molecule has 0 N–H and O–H groups in total. The Bertz CT molecular complexity index is 167. The zero-order valence-corrected chi connectivity index (χ0v) is 8.77. The normalized spacial score (nSPS) is 22.3. The number of hydrogen-bond acceptors (Lipinski definition) is 2.